The predicted molar refractivity (Wildman–Crippen MR) is 64.0 cm³/mol. The second kappa shape index (κ2) is 3.34. The van der Waals surface area contributed by atoms with Crippen LogP contribution in [-0.2, 0) is 12.8 Å². The number of phenols is 1. The van der Waals surface area contributed by atoms with Crippen LogP contribution in [0.1, 0.15) is 47.8 Å². The first-order valence-corrected chi connectivity index (χ1v) is 5.67. The van der Waals surface area contributed by atoms with Gasteiger partial charge in [0.1, 0.15) is 5.75 Å². The SMILES string of the molecule is CC(=O)c1cc(O)c2c(c1C)CC(C)(C)C2. The van der Waals surface area contributed by atoms with Gasteiger partial charge in [-0.05, 0) is 54.9 Å². The number of Topliss-reactive ketones (excluding diaryl/α,β-unsaturated/α-hetero) is 1. The zero-order chi connectivity index (χ0) is 12.1. The van der Waals surface area contributed by atoms with E-state index in [1.165, 1.54) is 5.56 Å². The Morgan fingerprint density at radius 1 is 1.31 bits per heavy atom. The highest BCUT2D eigenvalue weighted by atomic mass is 16.3. The van der Waals surface area contributed by atoms with Crippen LogP contribution >= 0.6 is 0 Å². The van der Waals surface area contributed by atoms with Gasteiger partial charge in [0, 0.05) is 5.56 Å². The molecule has 16 heavy (non-hydrogen) atoms. The van der Waals surface area contributed by atoms with Crippen LogP contribution in [0.4, 0.5) is 0 Å². The van der Waals surface area contributed by atoms with Crippen molar-refractivity contribution >= 4 is 5.78 Å². The Balaban J connectivity index is 2.64. The third-order valence-corrected chi connectivity index (χ3v) is 3.50. The maximum atomic E-state index is 11.5. The lowest BCUT2D eigenvalue weighted by atomic mass is 9.90. The van der Waals surface area contributed by atoms with E-state index in [0.29, 0.717) is 5.56 Å². The summed E-state index contributed by atoms with van der Waals surface area (Å²) in [6.07, 6.45) is 1.84. The van der Waals surface area contributed by atoms with Gasteiger partial charge in [0.25, 0.3) is 0 Å². The van der Waals surface area contributed by atoms with E-state index in [2.05, 4.69) is 13.8 Å². The standard InChI is InChI=1S/C14H18O2/c1-8-10(9(2)15)5-13(16)12-7-14(3,4)6-11(8)12/h5,16H,6-7H2,1-4H3. The summed E-state index contributed by atoms with van der Waals surface area (Å²) in [5.74, 6) is 0.316. The molecule has 0 fully saturated rings. The van der Waals surface area contributed by atoms with Gasteiger partial charge in [-0.1, -0.05) is 13.8 Å². The molecule has 0 amide bonds. The third-order valence-electron chi connectivity index (χ3n) is 3.50. The van der Waals surface area contributed by atoms with E-state index in [1.807, 2.05) is 6.92 Å². The highest BCUT2D eigenvalue weighted by molar-refractivity contribution is 5.96. The Labute approximate surface area is 96.3 Å². The Kier molecular flexibility index (Phi) is 2.33. The monoisotopic (exact) mass is 218 g/mol. The predicted octanol–water partition coefficient (Wildman–Crippen LogP) is 3.03. The lowest BCUT2D eigenvalue weighted by molar-refractivity contribution is 0.101. The average Bonchev–Trinajstić information content (AvgIpc) is 2.48. The minimum Gasteiger partial charge on any atom is -0.508 e. The summed E-state index contributed by atoms with van der Waals surface area (Å²) >= 11 is 0. The molecule has 0 unspecified atom stereocenters. The fourth-order valence-corrected chi connectivity index (χ4v) is 2.70. The topological polar surface area (TPSA) is 37.3 Å². The highest BCUT2D eigenvalue weighted by Gasteiger charge is 2.32. The molecule has 2 rings (SSSR count). The maximum Gasteiger partial charge on any atom is 0.160 e. The summed E-state index contributed by atoms with van der Waals surface area (Å²) in [5, 5.41) is 9.97. The fraction of sp³-hybridized carbons (Fsp3) is 0.500. The molecule has 0 atom stereocenters. The summed E-state index contributed by atoms with van der Waals surface area (Å²) in [6, 6.07) is 1.62. The van der Waals surface area contributed by atoms with Crippen molar-refractivity contribution in [2.24, 2.45) is 5.41 Å². The van der Waals surface area contributed by atoms with E-state index in [1.54, 1.807) is 13.0 Å². The molecular formula is C14H18O2. The molecule has 0 saturated heterocycles. The second-order valence-electron chi connectivity index (χ2n) is 5.60. The number of hydrogen-bond acceptors (Lipinski definition) is 2. The van der Waals surface area contributed by atoms with E-state index < -0.39 is 0 Å². The van der Waals surface area contributed by atoms with Gasteiger partial charge < -0.3 is 5.11 Å². The summed E-state index contributed by atoms with van der Waals surface area (Å²) in [6.45, 7) is 7.92. The van der Waals surface area contributed by atoms with Crippen molar-refractivity contribution in [1.82, 2.24) is 0 Å². The van der Waals surface area contributed by atoms with Crippen LogP contribution in [-0.4, -0.2) is 10.9 Å². The fourth-order valence-electron chi connectivity index (χ4n) is 2.70. The molecule has 86 valence electrons. The molecule has 0 radical (unpaired) electrons. The number of carbonyl (C=O) groups excluding carboxylic acids is 1. The van der Waals surface area contributed by atoms with E-state index in [0.717, 1.165) is 24.0 Å². The van der Waals surface area contributed by atoms with E-state index in [9.17, 15) is 9.90 Å². The number of benzene rings is 1. The first-order valence-electron chi connectivity index (χ1n) is 5.67. The van der Waals surface area contributed by atoms with Crippen molar-refractivity contribution in [1.29, 1.82) is 0 Å². The second-order valence-corrected chi connectivity index (χ2v) is 5.60. The van der Waals surface area contributed by atoms with Gasteiger partial charge in [-0.25, -0.2) is 0 Å². The molecule has 0 aromatic heterocycles. The molecule has 0 saturated carbocycles. The van der Waals surface area contributed by atoms with Crippen molar-refractivity contribution < 1.29 is 9.90 Å². The third kappa shape index (κ3) is 1.62. The molecular weight excluding hydrogens is 200 g/mol. The van der Waals surface area contributed by atoms with Crippen molar-refractivity contribution in [2.45, 2.75) is 40.5 Å². The molecule has 0 bridgehead atoms. The minimum atomic E-state index is 0.0281. The molecule has 1 aromatic rings. The van der Waals surface area contributed by atoms with Crippen LogP contribution in [0.25, 0.3) is 0 Å². The normalized spacial score (nSPS) is 17.2. The largest absolute Gasteiger partial charge is 0.508 e. The number of phenolic OH excluding ortho intramolecular Hbond substituents is 1. The number of ketones is 1. The van der Waals surface area contributed by atoms with E-state index >= 15 is 0 Å². The lowest BCUT2D eigenvalue weighted by Gasteiger charge is -2.15. The number of hydrogen-bond donors (Lipinski definition) is 1. The van der Waals surface area contributed by atoms with Crippen molar-refractivity contribution in [3.63, 3.8) is 0 Å². The van der Waals surface area contributed by atoms with Crippen LogP contribution in [0.15, 0.2) is 6.07 Å². The van der Waals surface area contributed by atoms with Crippen LogP contribution < -0.4 is 0 Å². The molecule has 1 aliphatic rings. The van der Waals surface area contributed by atoms with Gasteiger partial charge in [0.15, 0.2) is 5.78 Å². The smallest absolute Gasteiger partial charge is 0.160 e. The maximum absolute atomic E-state index is 11.5. The molecule has 1 N–H and O–H groups in total. The van der Waals surface area contributed by atoms with Crippen molar-refractivity contribution in [3.8, 4) is 5.75 Å². The van der Waals surface area contributed by atoms with Gasteiger partial charge in [0.2, 0.25) is 0 Å². The summed E-state index contributed by atoms with van der Waals surface area (Å²) in [5.41, 5.74) is 4.11. The Bertz CT molecular complexity index is 470. The van der Waals surface area contributed by atoms with E-state index in [-0.39, 0.29) is 16.9 Å². The molecule has 2 heteroatoms. The first kappa shape index (κ1) is 11.2. The molecule has 2 nitrogen and oxygen atoms in total. The molecule has 0 aliphatic heterocycles. The van der Waals surface area contributed by atoms with Gasteiger partial charge in [-0.2, -0.15) is 0 Å². The Hall–Kier alpha value is -1.31. The Morgan fingerprint density at radius 2 is 1.88 bits per heavy atom. The molecule has 0 spiro atoms. The zero-order valence-corrected chi connectivity index (χ0v) is 10.3. The van der Waals surface area contributed by atoms with Crippen molar-refractivity contribution in [2.75, 3.05) is 0 Å². The lowest BCUT2D eigenvalue weighted by Crippen LogP contribution is -2.10. The molecule has 1 aliphatic carbocycles. The van der Waals surface area contributed by atoms with E-state index in [4.69, 9.17) is 0 Å². The number of fused-ring (bicyclic) bond motifs is 1. The van der Waals surface area contributed by atoms with Crippen LogP contribution in [0, 0.1) is 12.3 Å². The Morgan fingerprint density at radius 3 is 2.44 bits per heavy atom. The van der Waals surface area contributed by atoms with Gasteiger partial charge in [0.05, 0.1) is 0 Å². The minimum absolute atomic E-state index is 0.0281. The molecule has 0 heterocycles. The van der Waals surface area contributed by atoms with Gasteiger partial charge in [-0.3, -0.25) is 4.79 Å². The number of aromatic hydroxyl groups is 1. The van der Waals surface area contributed by atoms with Crippen LogP contribution in [0.5, 0.6) is 5.75 Å². The summed E-state index contributed by atoms with van der Waals surface area (Å²) in [4.78, 5) is 11.5. The first-order chi connectivity index (χ1) is 7.32. The van der Waals surface area contributed by atoms with Gasteiger partial charge in [-0.15, -0.1) is 0 Å². The zero-order valence-electron chi connectivity index (χ0n) is 10.3. The molecule has 1 aromatic carbocycles. The average molecular weight is 218 g/mol. The van der Waals surface area contributed by atoms with Crippen molar-refractivity contribution in [3.05, 3.63) is 28.3 Å². The number of rotatable bonds is 1. The quantitative estimate of drug-likeness (QED) is 0.736. The highest BCUT2D eigenvalue weighted by Crippen LogP contribution is 2.42. The summed E-state index contributed by atoms with van der Waals surface area (Å²) < 4.78 is 0. The van der Waals surface area contributed by atoms with Crippen LogP contribution in [0.3, 0.4) is 0 Å². The van der Waals surface area contributed by atoms with Gasteiger partial charge >= 0.3 is 0 Å². The summed E-state index contributed by atoms with van der Waals surface area (Å²) in [7, 11) is 0. The van der Waals surface area contributed by atoms with Crippen LogP contribution in [0.2, 0.25) is 0 Å². The number of carbonyl (C=O) groups is 1.